The Balaban J connectivity index is 1.86. The monoisotopic (exact) mass is 308 g/mol. The van der Waals surface area contributed by atoms with Crippen molar-refractivity contribution in [2.45, 2.75) is 38.1 Å². The zero-order chi connectivity index (χ0) is 12.5. The van der Waals surface area contributed by atoms with E-state index in [0.29, 0.717) is 16.2 Å². The molecule has 1 aromatic rings. The Morgan fingerprint density at radius 1 is 1.33 bits per heavy atom. The first-order valence-electron chi connectivity index (χ1n) is 6.69. The fourth-order valence-corrected chi connectivity index (χ4v) is 3.83. The summed E-state index contributed by atoms with van der Waals surface area (Å²) in [5.74, 6) is 0.879. The number of rotatable bonds is 1. The van der Waals surface area contributed by atoms with E-state index in [2.05, 4.69) is 25.8 Å². The molecule has 2 unspecified atom stereocenters. The molecule has 1 aliphatic heterocycles. The second-order valence-corrected chi connectivity index (χ2v) is 5.99. The fourth-order valence-electron chi connectivity index (χ4n) is 3.41. The third-order valence-corrected chi connectivity index (χ3v) is 4.88. The smallest absolute Gasteiger partial charge is 0.256 e. The molecule has 3 rings (SSSR count). The normalized spacial score (nSPS) is 27.1. The third kappa shape index (κ3) is 2.07. The Kier molecular flexibility index (Phi) is 3.37. The number of likely N-dealkylation sites (tertiary alicyclic amines) is 1. The van der Waals surface area contributed by atoms with Crippen LogP contribution in [0.2, 0.25) is 0 Å². The highest BCUT2D eigenvalue weighted by molar-refractivity contribution is 9.10. The lowest BCUT2D eigenvalue weighted by Gasteiger charge is -2.37. The minimum absolute atomic E-state index is 0.145. The molecule has 1 saturated carbocycles. The van der Waals surface area contributed by atoms with Gasteiger partial charge in [-0.3, -0.25) is 4.79 Å². The molecule has 0 radical (unpaired) electrons. The minimum Gasteiger partial charge on any atom is -0.335 e. The van der Waals surface area contributed by atoms with Gasteiger partial charge in [-0.2, -0.15) is 0 Å². The summed E-state index contributed by atoms with van der Waals surface area (Å²) in [6.07, 6.45) is 7.88. The number of pyridine rings is 1. The van der Waals surface area contributed by atoms with Gasteiger partial charge in [-0.15, -0.1) is 0 Å². The van der Waals surface area contributed by atoms with Crippen molar-refractivity contribution in [3.05, 3.63) is 28.5 Å². The van der Waals surface area contributed by atoms with E-state index in [1.165, 1.54) is 25.7 Å². The van der Waals surface area contributed by atoms with Gasteiger partial charge in [0.05, 0.1) is 5.56 Å². The minimum atomic E-state index is 0.145. The molecule has 0 bridgehead atoms. The molecule has 1 saturated heterocycles. The molecule has 2 aliphatic rings. The van der Waals surface area contributed by atoms with Gasteiger partial charge in [0.2, 0.25) is 0 Å². The molecular formula is C14H17BrN2O. The second-order valence-electron chi connectivity index (χ2n) is 5.24. The van der Waals surface area contributed by atoms with Crippen LogP contribution in [0.15, 0.2) is 22.9 Å². The van der Waals surface area contributed by atoms with Gasteiger partial charge in [0.1, 0.15) is 4.60 Å². The highest BCUT2D eigenvalue weighted by Crippen LogP contribution is 2.37. The lowest BCUT2D eigenvalue weighted by molar-refractivity contribution is 0.0547. The maximum atomic E-state index is 12.6. The summed E-state index contributed by atoms with van der Waals surface area (Å²) in [6.45, 7) is 0.904. The maximum Gasteiger partial charge on any atom is 0.256 e. The number of halogens is 1. The third-order valence-electron chi connectivity index (χ3n) is 4.24. The van der Waals surface area contributed by atoms with Crippen molar-refractivity contribution >= 4 is 21.8 Å². The molecular weight excluding hydrogens is 292 g/mol. The van der Waals surface area contributed by atoms with Crippen molar-refractivity contribution in [3.63, 3.8) is 0 Å². The molecule has 0 aromatic carbocycles. The first-order chi connectivity index (χ1) is 8.77. The zero-order valence-electron chi connectivity index (χ0n) is 10.3. The molecule has 0 spiro atoms. The number of fused-ring (bicyclic) bond motifs is 1. The van der Waals surface area contributed by atoms with E-state index >= 15 is 0 Å². The number of carbonyl (C=O) groups excluding carboxylic acids is 1. The predicted octanol–water partition coefficient (Wildman–Crippen LogP) is 3.25. The van der Waals surface area contributed by atoms with Gasteiger partial charge in [-0.25, -0.2) is 4.98 Å². The van der Waals surface area contributed by atoms with Gasteiger partial charge in [-0.1, -0.05) is 6.42 Å². The topological polar surface area (TPSA) is 33.2 Å². The van der Waals surface area contributed by atoms with Crippen molar-refractivity contribution in [1.29, 1.82) is 0 Å². The molecule has 2 heterocycles. The van der Waals surface area contributed by atoms with Crippen LogP contribution in [0.3, 0.4) is 0 Å². The van der Waals surface area contributed by atoms with Crippen LogP contribution in [0, 0.1) is 5.92 Å². The summed E-state index contributed by atoms with van der Waals surface area (Å²) in [6, 6.07) is 4.16. The SMILES string of the molecule is O=C(c1cccnc1Br)N1CCCC2CCCC21. The van der Waals surface area contributed by atoms with Crippen molar-refractivity contribution in [2.75, 3.05) is 6.54 Å². The number of piperidine rings is 1. The van der Waals surface area contributed by atoms with E-state index in [1.807, 2.05) is 12.1 Å². The van der Waals surface area contributed by atoms with Crippen LogP contribution in [0.5, 0.6) is 0 Å². The van der Waals surface area contributed by atoms with Crippen LogP contribution in [-0.2, 0) is 0 Å². The average molecular weight is 309 g/mol. The van der Waals surface area contributed by atoms with Gasteiger partial charge in [0, 0.05) is 18.8 Å². The number of hydrogen-bond donors (Lipinski definition) is 0. The molecule has 18 heavy (non-hydrogen) atoms. The zero-order valence-corrected chi connectivity index (χ0v) is 11.9. The standard InChI is InChI=1S/C14H17BrN2O/c15-13-11(6-2-8-16-13)14(18)17-9-3-5-10-4-1-7-12(10)17/h2,6,8,10,12H,1,3-5,7,9H2. The van der Waals surface area contributed by atoms with Crippen LogP contribution in [0.1, 0.15) is 42.5 Å². The number of nitrogens with zero attached hydrogens (tertiary/aromatic N) is 2. The summed E-state index contributed by atoms with van der Waals surface area (Å²) >= 11 is 3.38. The molecule has 0 N–H and O–H groups in total. The number of hydrogen-bond acceptors (Lipinski definition) is 2. The van der Waals surface area contributed by atoms with Gasteiger partial charge in [0.15, 0.2) is 0 Å². The van der Waals surface area contributed by atoms with E-state index in [-0.39, 0.29) is 5.91 Å². The second kappa shape index (κ2) is 5.00. The number of amides is 1. The van der Waals surface area contributed by atoms with Crippen LogP contribution in [0.25, 0.3) is 0 Å². The molecule has 4 heteroatoms. The van der Waals surface area contributed by atoms with Crippen molar-refractivity contribution in [3.8, 4) is 0 Å². The van der Waals surface area contributed by atoms with E-state index < -0.39 is 0 Å². The molecule has 3 nitrogen and oxygen atoms in total. The summed E-state index contributed by atoms with van der Waals surface area (Å²) in [7, 11) is 0. The molecule has 1 aromatic heterocycles. The lowest BCUT2D eigenvalue weighted by atomic mass is 9.91. The Morgan fingerprint density at radius 2 is 2.17 bits per heavy atom. The molecule has 2 fully saturated rings. The van der Waals surface area contributed by atoms with Crippen LogP contribution in [0.4, 0.5) is 0 Å². The first kappa shape index (κ1) is 12.2. The summed E-state index contributed by atoms with van der Waals surface area (Å²) in [5.41, 5.74) is 0.699. The van der Waals surface area contributed by atoms with Crippen LogP contribution >= 0.6 is 15.9 Å². The molecule has 1 aliphatic carbocycles. The highest BCUT2D eigenvalue weighted by atomic mass is 79.9. The van der Waals surface area contributed by atoms with E-state index in [4.69, 9.17) is 0 Å². The average Bonchev–Trinajstić information content (AvgIpc) is 2.86. The lowest BCUT2D eigenvalue weighted by Crippen LogP contribution is -2.46. The van der Waals surface area contributed by atoms with E-state index in [0.717, 1.165) is 18.9 Å². The van der Waals surface area contributed by atoms with Crippen LogP contribution < -0.4 is 0 Å². The van der Waals surface area contributed by atoms with Crippen LogP contribution in [-0.4, -0.2) is 28.4 Å². The largest absolute Gasteiger partial charge is 0.335 e. The molecule has 1 amide bonds. The Bertz CT molecular complexity index is 463. The summed E-state index contributed by atoms with van der Waals surface area (Å²) < 4.78 is 0.662. The van der Waals surface area contributed by atoms with Gasteiger partial charge < -0.3 is 4.90 Å². The molecule has 2 atom stereocenters. The van der Waals surface area contributed by atoms with Crippen molar-refractivity contribution in [2.24, 2.45) is 5.92 Å². The quantitative estimate of drug-likeness (QED) is 0.746. The van der Waals surface area contributed by atoms with Crippen molar-refractivity contribution < 1.29 is 4.79 Å². The fraction of sp³-hybridized carbons (Fsp3) is 0.571. The van der Waals surface area contributed by atoms with Gasteiger partial charge in [-0.05, 0) is 59.7 Å². The predicted molar refractivity (Wildman–Crippen MR) is 73.3 cm³/mol. The van der Waals surface area contributed by atoms with Crippen molar-refractivity contribution in [1.82, 2.24) is 9.88 Å². The van der Waals surface area contributed by atoms with E-state index in [9.17, 15) is 4.79 Å². The van der Waals surface area contributed by atoms with E-state index in [1.54, 1.807) is 6.20 Å². The number of carbonyl (C=O) groups is 1. The first-order valence-corrected chi connectivity index (χ1v) is 7.48. The van der Waals surface area contributed by atoms with Gasteiger partial charge >= 0.3 is 0 Å². The summed E-state index contributed by atoms with van der Waals surface area (Å²) in [4.78, 5) is 18.9. The summed E-state index contributed by atoms with van der Waals surface area (Å²) in [5, 5.41) is 0. The highest BCUT2D eigenvalue weighted by Gasteiger charge is 2.37. The Hall–Kier alpha value is -0.900. The number of aromatic nitrogens is 1. The molecule has 96 valence electrons. The Morgan fingerprint density at radius 3 is 3.00 bits per heavy atom. The maximum absolute atomic E-state index is 12.6. The van der Waals surface area contributed by atoms with Gasteiger partial charge in [0.25, 0.3) is 5.91 Å². The Labute approximate surface area is 116 Å².